The third kappa shape index (κ3) is 6.31. The summed E-state index contributed by atoms with van der Waals surface area (Å²) in [5, 5.41) is 9.82. The summed E-state index contributed by atoms with van der Waals surface area (Å²) in [7, 11) is 1.85. The van der Waals surface area contributed by atoms with Gasteiger partial charge in [0, 0.05) is 56.0 Å². The molecule has 1 saturated heterocycles. The molecule has 1 aliphatic heterocycles. The van der Waals surface area contributed by atoms with Crippen LogP contribution in [0, 0.1) is 6.92 Å². The number of benzene rings is 2. The summed E-state index contributed by atoms with van der Waals surface area (Å²) >= 11 is 0. The summed E-state index contributed by atoms with van der Waals surface area (Å²) in [5.74, 6) is 0.460. The van der Waals surface area contributed by atoms with Crippen LogP contribution in [-0.4, -0.2) is 66.1 Å². The van der Waals surface area contributed by atoms with E-state index in [0.717, 1.165) is 54.0 Å². The molecule has 190 valence electrons. The lowest BCUT2D eigenvalue weighted by atomic mass is 10.0. The Balaban J connectivity index is 1.21. The standard InChI is InChI=1S/C28H36N6O2/c1-19(2)21-9-11-22(12-10-21)31-28(36)33(4)23-13-15-34(18-23)16-14-29-27(35)32-26-17-20(3)30-25-8-6-5-7-24(25)26/h5-12,17,19,23H,13-16,18H2,1-4H3,(H,31,36)(H2,29,30,32,35). The van der Waals surface area contributed by atoms with Crippen LogP contribution in [0.5, 0.6) is 0 Å². The lowest BCUT2D eigenvalue weighted by Gasteiger charge is -2.25. The van der Waals surface area contributed by atoms with Gasteiger partial charge in [-0.25, -0.2) is 9.59 Å². The fourth-order valence-corrected chi connectivity index (χ4v) is 4.57. The molecule has 1 fully saturated rings. The van der Waals surface area contributed by atoms with Crippen molar-refractivity contribution in [3.05, 3.63) is 65.9 Å². The van der Waals surface area contributed by atoms with Crippen LogP contribution >= 0.6 is 0 Å². The second-order valence-corrected chi connectivity index (χ2v) is 9.77. The third-order valence-corrected chi connectivity index (χ3v) is 6.75. The van der Waals surface area contributed by atoms with E-state index < -0.39 is 0 Å². The molecule has 0 saturated carbocycles. The van der Waals surface area contributed by atoms with Gasteiger partial charge in [-0.05, 0) is 49.1 Å². The highest BCUT2D eigenvalue weighted by atomic mass is 16.2. The number of likely N-dealkylation sites (tertiary alicyclic amines) is 1. The van der Waals surface area contributed by atoms with Crippen LogP contribution in [0.25, 0.3) is 10.9 Å². The number of nitrogens with zero attached hydrogens (tertiary/aromatic N) is 3. The number of likely N-dealkylation sites (N-methyl/N-ethyl adjacent to an activating group) is 1. The highest BCUT2D eigenvalue weighted by Gasteiger charge is 2.28. The average Bonchev–Trinajstić information content (AvgIpc) is 3.32. The first-order valence-electron chi connectivity index (χ1n) is 12.6. The molecule has 0 spiro atoms. The van der Waals surface area contributed by atoms with Crippen LogP contribution in [0.4, 0.5) is 21.0 Å². The van der Waals surface area contributed by atoms with Crippen LogP contribution in [0.15, 0.2) is 54.6 Å². The van der Waals surface area contributed by atoms with Crippen molar-refractivity contribution in [3.63, 3.8) is 0 Å². The van der Waals surface area contributed by atoms with Gasteiger partial charge in [-0.15, -0.1) is 0 Å². The minimum atomic E-state index is -0.235. The van der Waals surface area contributed by atoms with Gasteiger partial charge < -0.3 is 20.9 Å². The number of nitrogens with one attached hydrogen (secondary N) is 3. The largest absolute Gasteiger partial charge is 0.337 e. The average molecular weight is 489 g/mol. The minimum absolute atomic E-state index is 0.100. The Morgan fingerprint density at radius 2 is 1.86 bits per heavy atom. The quantitative estimate of drug-likeness (QED) is 0.435. The Morgan fingerprint density at radius 1 is 1.11 bits per heavy atom. The molecule has 1 atom stereocenters. The molecule has 4 rings (SSSR count). The molecule has 0 radical (unpaired) electrons. The predicted molar refractivity (Wildman–Crippen MR) is 146 cm³/mol. The summed E-state index contributed by atoms with van der Waals surface area (Å²) in [5.41, 5.74) is 4.52. The Labute approximate surface area is 213 Å². The van der Waals surface area contributed by atoms with Crippen molar-refractivity contribution in [2.75, 3.05) is 43.9 Å². The van der Waals surface area contributed by atoms with Gasteiger partial charge in [-0.2, -0.15) is 0 Å². The third-order valence-electron chi connectivity index (χ3n) is 6.75. The summed E-state index contributed by atoms with van der Waals surface area (Å²) < 4.78 is 0. The van der Waals surface area contributed by atoms with E-state index in [1.807, 2.05) is 56.4 Å². The first-order chi connectivity index (χ1) is 17.3. The first-order valence-corrected chi connectivity index (χ1v) is 12.6. The number of carbonyl (C=O) groups excluding carboxylic acids is 2. The Hall–Kier alpha value is -3.65. The number of hydrogen-bond donors (Lipinski definition) is 3. The van der Waals surface area contributed by atoms with Crippen molar-refractivity contribution >= 4 is 34.3 Å². The molecule has 2 heterocycles. The number of rotatable bonds is 7. The van der Waals surface area contributed by atoms with Crippen molar-refractivity contribution < 1.29 is 9.59 Å². The number of aryl methyl sites for hydroxylation is 1. The van der Waals surface area contributed by atoms with Gasteiger partial charge >= 0.3 is 12.1 Å². The minimum Gasteiger partial charge on any atom is -0.337 e. The van der Waals surface area contributed by atoms with Crippen molar-refractivity contribution in [2.45, 2.75) is 39.2 Å². The van der Waals surface area contributed by atoms with Gasteiger partial charge in [0.25, 0.3) is 0 Å². The van der Waals surface area contributed by atoms with Gasteiger partial charge in [-0.3, -0.25) is 9.88 Å². The van der Waals surface area contributed by atoms with Crippen LogP contribution in [-0.2, 0) is 0 Å². The molecule has 8 nitrogen and oxygen atoms in total. The summed E-state index contributed by atoms with van der Waals surface area (Å²) in [6.07, 6.45) is 0.907. The molecule has 3 aromatic rings. The van der Waals surface area contributed by atoms with Gasteiger partial charge in [0.2, 0.25) is 0 Å². The van der Waals surface area contributed by atoms with Crippen LogP contribution in [0.3, 0.4) is 0 Å². The first kappa shape index (κ1) is 25.4. The number of pyridine rings is 1. The lowest BCUT2D eigenvalue weighted by molar-refractivity contribution is 0.202. The zero-order valence-electron chi connectivity index (χ0n) is 21.5. The highest BCUT2D eigenvalue weighted by Crippen LogP contribution is 2.23. The molecular weight excluding hydrogens is 452 g/mol. The molecule has 1 unspecified atom stereocenters. The molecule has 2 aromatic carbocycles. The Kier molecular flexibility index (Phi) is 8.05. The number of aromatic nitrogens is 1. The SMILES string of the molecule is Cc1cc(NC(=O)NCCN2CCC(N(C)C(=O)Nc3ccc(C(C)C)cc3)C2)c2ccccc2n1. The van der Waals surface area contributed by atoms with Crippen LogP contribution in [0.2, 0.25) is 0 Å². The molecular formula is C28H36N6O2. The second-order valence-electron chi connectivity index (χ2n) is 9.77. The number of hydrogen-bond acceptors (Lipinski definition) is 4. The van der Waals surface area contributed by atoms with Crippen molar-refractivity contribution in [3.8, 4) is 0 Å². The van der Waals surface area contributed by atoms with Gasteiger partial charge in [0.15, 0.2) is 0 Å². The Bertz CT molecular complexity index is 1210. The topological polar surface area (TPSA) is 89.6 Å². The summed E-state index contributed by atoms with van der Waals surface area (Å²) in [6.45, 7) is 9.15. The monoisotopic (exact) mass is 488 g/mol. The number of anilines is 2. The van der Waals surface area contributed by atoms with Gasteiger partial charge in [0.05, 0.1) is 11.2 Å². The maximum Gasteiger partial charge on any atom is 0.321 e. The van der Waals surface area contributed by atoms with E-state index in [1.165, 1.54) is 5.56 Å². The molecule has 8 heteroatoms. The maximum atomic E-state index is 12.7. The fourth-order valence-electron chi connectivity index (χ4n) is 4.57. The summed E-state index contributed by atoms with van der Waals surface area (Å²) in [4.78, 5) is 33.8. The van der Waals surface area contributed by atoms with Gasteiger partial charge in [0.1, 0.15) is 0 Å². The van der Waals surface area contributed by atoms with Crippen LogP contribution < -0.4 is 16.0 Å². The molecule has 3 N–H and O–H groups in total. The van der Waals surface area contributed by atoms with E-state index in [4.69, 9.17) is 0 Å². The highest BCUT2D eigenvalue weighted by molar-refractivity contribution is 6.00. The van der Waals surface area contributed by atoms with Gasteiger partial charge in [-0.1, -0.05) is 44.2 Å². The zero-order chi connectivity index (χ0) is 25.7. The number of carbonyl (C=O) groups is 2. The normalized spacial score (nSPS) is 15.8. The number of fused-ring (bicyclic) bond motifs is 1. The van der Waals surface area contributed by atoms with Crippen molar-refractivity contribution in [1.82, 2.24) is 20.1 Å². The smallest absolute Gasteiger partial charge is 0.321 e. The lowest BCUT2D eigenvalue weighted by Crippen LogP contribution is -2.42. The molecule has 4 amide bonds. The van der Waals surface area contributed by atoms with E-state index in [9.17, 15) is 9.59 Å². The van der Waals surface area contributed by atoms with E-state index in [0.29, 0.717) is 12.5 Å². The van der Waals surface area contributed by atoms with E-state index in [2.05, 4.69) is 51.8 Å². The molecule has 36 heavy (non-hydrogen) atoms. The van der Waals surface area contributed by atoms with Crippen molar-refractivity contribution in [1.29, 1.82) is 0 Å². The second kappa shape index (κ2) is 11.4. The molecule has 0 aliphatic carbocycles. The maximum absolute atomic E-state index is 12.7. The Morgan fingerprint density at radius 3 is 2.61 bits per heavy atom. The molecule has 1 aromatic heterocycles. The molecule has 1 aliphatic rings. The fraction of sp³-hybridized carbons (Fsp3) is 0.393. The van der Waals surface area contributed by atoms with E-state index in [1.54, 1.807) is 4.90 Å². The molecule has 0 bridgehead atoms. The van der Waals surface area contributed by atoms with E-state index >= 15 is 0 Å². The number of para-hydroxylation sites is 1. The van der Waals surface area contributed by atoms with E-state index in [-0.39, 0.29) is 18.1 Å². The summed E-state index contributed by atoms with van der Waals surface area (Å²) in [6, 6.07) is 17.5. The zero-order valence-corrected chi connectivity index (χ0v) is 21.5. The van der Waals surface area contributed by atoms with Crippen molar-refractivity contribution in [2.24, 2.45) is 0 Å². The van der Waals surface area contributed by atoms with Crippen LogP contribution in [0.1, 0.15) is 37.4 Å². The number of amides is 4. The predicted octanol–water partition coefficient (Wildman–Crippen LogP) is 5.03. The number of urea groups is 2.